The van der Waals surface area contributed by atoms with E-state index in [2.05, 4.69) is 10.4 Å². The maximum atomic E-state index is 11.7. The fourth-order valence-corrected chi connectivity index (χ4v) is 1.90. The first-order valence-corrected chi connectivity index (χ1v) is 7.37. The zero-order valence-electron chi connectivity index (χ0n) is 12.7. The van der Waals surface area contributed by atoms with Gasteiger partial charge >= 0.3 is 0 Å². The highest BCUT2D eigenvalue weighted by atomic mass is 16.5. The molecule has 0 saturated carbocycles. The molecule has 0 unspecified atom stereocenters. The Labute approximate surface area is 130 Å². The maximum absolute atomic E-state index is 11.7. The lowest BCUT2D eigenvalue weighted by Crippen LogP contribution is -2.30. The highest BCUT2D eigenvalue weighted by molar-refractivity contribution is 5.77. The van der Waals surface area contributed by atoms with Crippen molar-refractivity contribution in [3.63, 3.8) is 0 Å². The topological polar surface area (TPSA) is 65.4 Å². The molecule has 6 heteroatoms. The second kappa shape index (κ2) is 8.71. The summed E-state index contributed by atoms with van der Waals surface area (Å²) in [5.41, 5.74) is 0. The quantitative estimate of drug-likeness (QED) is 0.718. The van der Waals surface area contributed by atoms with E-state index in [0.29, 0.717) is 18.9 Å². The van der Waals surface area contributed by atoms with Gasteiger partial charge in [-0.2, -0.15) is 5.10 Å². The fraction of sp³-hybridized carbons (Fsp3) is 0.375. The number of ether oxygens (including phenoxy) is 2. The number of carbonyl (C=O) groups is 1. The van der Waals surface area contributed by atoms with Crippen LogP contribution in [0.3, 0.4) is 0 Å². The molecular weight excluding hydrogens is 282 g/mol. The van der Waals surface area contributed by atoms with E-state index < -0.39 is 0 Å². The molecule has 0 fully saturated rings. The van der Waals surface area contributed by atoms with Crippen LogP contribution in [0.5, 0.6) is 11.5 Å². The minimum absolute atomic E-state index is 0.00967. The van der Waals surface area contributed by atoms with Gasteiger partial charge in [0.15, 0.2) is 6.61 Å². The van der Waals surface area contributed by atoms with Crippen LogP contribution in [0, 0.1) is 0 Å². The van der Waals surface area contributed by atoms with Crippen molar-refractivity contribution in [3.05, 3.63) is 42.7 Å². The molecule has 6 nitrogen and oxygen atoms in total. The molecule has 0 saturated heterocycles. The predicted octanol–water partition coefficient (Wildman–Crippen LogP) is 1.87. The Morgan fingerprint density at radius 2 is 1.95 bits per heavy atom. The third-order valence-corrected chi connectivity index (χ3v) is 2.95. The first-order valence-electron chi connectivity index (χ1n) is 7.37. The van der Waals surface area contributed by atoms with Crippen LogP contribution in [-0.2, 0) is 11.3 Å². The van der Waals surface area contributed by atoms with Crippen molar-refractivity contribution in [2.45, 2.75) is 19.9 Å². The number of aromatic nitrogens is 2. The normalized spacial score (nSPS) is 10.2. The number of hydrogen-bond donors (Lipinski definition) is 1. The van der Waals surface area contributed by atoms with Crippen molar-refractivity contribution >= 4 is 5.91 Å². The fourth-order valence-electron chi connectivity index (χ4n) is 1.90. The molecular formula is C16H21N3O3. The average Bonchev–Trinajstić information content (AvgIpc) is 3.04. The van der Waals surface area contributed by atoms with Gasteiger partial charge in [-0.25, -0.2) is 0 Å². The zero-order valence-corrected chi connectivity index (χ0v) is 12.7. The molecule has 0 radical (unpaired) electrons. The Bertz CT molecular complexity index is 553. The van der Waals surface area contributed by atoms with E-state index in [-0.39, 0.29) is 12.5 Å². The minimum atomic E-state index is -0.130. The summed E-state index contributed by atoms with van der Waals surface area (Å²) < 4.78 is 12.6. The van der Waals surface area contributed by atoms with Gasteiger partial charge in [0.1, 0.15) is 11.5 Å². The Morgan fingerprint density at radius 3 is 2.59 bits per heavy atom. The van der Waals surface area contributed by atoms with E-state index in [1.54, 1.807) is 18.3 Å². The summed E-state index contributed by atoms with van der Waals surface area (Å²) >= 11 is 0. The van der Waals surface area contributed by atoms with E-state index in [4.69, 9.17) is 9.47 Å². The Kier molecular flexibility index (Phi) is 6.29. The van der Waals surface area contributed by atoms with Gasteiger partial charge in [-0.3, -0.25) is 9.48 Å². The number of rotatable bonds is 9. The summed E-state index contributed by atoms with van der Waals surface area (Å²) in [6.45, 7) is 3.95. The monoisotopic (exact) mass is 303 g/mol. The van der Waals surface area contributed by atoms with Gasteiger partial charge in [0.05, 0.1) is 6.61 Å². The molecule has 22 heavy (non-hydrogen) atoms. The van der Waals surface area contributed by atoms with Gasteiger partial charge in [0.2, 0.25) is 0 Å². The van der Waals surface area contributed by atoms with Gasteiger partial charge < -0.3 is 14.8 Å². The number of nitrogens with one attached hydrogen (secondary N) is 1. The first kappa shape index (κ1) is 15.9. The standard InChI is InChI=1S/C16H21N3O3/c1-2-21-14-5-7-15(8-6-14)22-13-16(20)17-9-3-11-19-12-4-10-18-19/h4-8,10,12H,2-3,9,11,13H2,1H3,(H,17,20). The van der Waals surface area contributed by atoms with E-state index >= 15 is 0 Å². The summed E-state index contributed by atoms with van der Waals surface area (Å²) in [6.07, 6.45) is 4.47. The number of hydrogen-bond acceptors (Lipinski definition) is 4. The lowest BCUT2D eigenvalue weighted by Gasteiger charge is -2.08. The molecule has 0 aliphatic heterocycles. The molecule has 118 valence electrons. The first-order chi connectivity index (χ1) is 10.8. The van der Waals surface area contributed by atoms with Crippen molar-refractivity contribution < 1.29 is 14.3 Å². The average molecular weight is 303 g/mol. The summed E-state index contributed by atoms with van der Waals surface area (Å²) in [4.78, 5) is 11.7. The Morgan fingerprint density at radius 1 is 1.23 bits per heavy atom. The van der Waals surface area contributed by atoms with Gasteiger partial charge in [-0.05, 0) is 43.7 Å². The van der Waals surface area contributed by atoms with Gasteiger partial charge in [0.25, 0.3) is 5.91 Å². The van der Waals surface area contributed by atoms with Crippen LogP contribution in [-0.4, -0.2) is 35.4 Å². The summed E-state index contributed by atoms with van der Waals surface area (Å²) in [7, 11) is 0. The van der Waals surface area contributed by atoms with E-state index in [1.165, 1.54) is 0 Å². The van der Waals surface area contributed by atoms with Crippen LogP contribution in [0.25, 0.3) is 0 Å². The molecule has 2 rings (SSSR count). The van der Waals surface area contributed by atoms with Crippen LogP contribution in [0.4, 0.5) is 0 Å². The smallest absolute Gasteiger partial charge is 0.257 e. The molecule has 0 atom stereocenters. The van der Waals surface area contributed by atoms with Crippen LogP contribution in [0.2, 0.25) is 0 Å². The second-order valence-corrected chi connectivity index (χ2v) is 4.67. The van der Waals surface area contributed by atoms with Gasteiger partial charge in [-0.15, -0.1) is 0 Å². The molecule has 0 spiro atoms. The van der Waals surface area contributed by atoms with Crippen molar-refractivity contribution in [2.24, 2.45) is 0 Å². The van der Waals surface area contributed by atoms with Crippen LogP contribution in [0.1, 0.15) is 13.3 Å². The van der Waals surface area contributed by atoms with E-state index in [9.17, 15) is 4.79 Å². The second-order valence-electron chi connectivity index (χ2n) is 4.67. The van der Waals surface area contributed by atoms with Crippen LogP contribution in [0.15, 0.2) is 42.7 Å². The molecule has 0 aliphatic rings. The Balaban J connectivity index is 1.60. The lowest BCUT2D eigenvalue weighted by atomic mass is 10.3. The summed E-state index contributed by atoms with van der Waals surface area (Å²) in [5.74, 6) is 1.31. The third-order valence-electron chi connectivity index (χ3n) is 2.95. The Hall–Kier alpha value is -2.50. The number of aryl methyl sites for hydroxylation is 1. The van der Waals surface area contributed by atoms with Crippen molar-refractivity contribution in [2.75, 3.05) is 19.8 Å². The van der Waals surface area contributed by atoms with Crippen molar-refractivity contribution in [3.8, 4) is 11.5 Å². The largest absolute Gasteiger partial charge is 0.494 e. The number of amides is 1. The summed E-state index contributed by atoms with van der Waals surface area (Å²) in [6, 6.07) is 9.09. The molecule has 0 bridgehead atoms. The maximum Gasteiger partial charge on any atom is 0.257 e. The molecule has 1 amide bonds. The molecule has 1 N–H and O–H groups in total. The molecule has 1 aromatic carbocycles. The number of carbonyl (C=O) groups excluding carboxylic acids is 1. The van der Waals surface area contributed by atoms with Crippen LogP contribution >= 0.6 is 0 Å². The van der Waals surface area contributed by atoms with Crippen molar-refractivity contribution in [1.29, 1.82) is 0 Å². The van der Waals surface area contributed by atoms with Crippen molar-refractivity contribution in [1.82, 2.24) is 15.1 Å². The molecule has 1 aromatic heterocycles. The van der Waals surface area contributed by atoms with E-state index in [1.807, 2.05) is 36.0 Å². The van der Waals surface area contributed by atoms with Gasteiger partial charge in [0, 0.05) is 25.5 Å². The molecule has 0 aliphatic carbocycles. The highest BCUT2D eigenvalue weighted by Gasteiger charge is 2.02. The molecule has 2 aromatic rings. The lowest BCUT2D eigenvalue weighted by molar-refractivity contribution is -0.123. The highest BCUT2D eigenvalue weighted by Crippen LogP contribution is 2.17. The summed E-state index contributed by atoms with van der Waals surface area (Å²) in [5, 5.41) is 6.92. The zero-order chi connectivity index (χ0) is 15.6. The van der Waals surface area contributed by atoms with E-state index in [0.717, 1.165) is 18.7 Å². The minimum Gasteiger partial charge on any atom is -0.494 e. The predicted molar refractivity (Wildman–Crippen MR) is 83.0 cm³/mol. The number of benzene rings is 1. The van der Waals surface area contributed by atoms with Gasteiger partial charge in [-0.1, -0.05) is 0 Å². The SMILES string of the molecule is CCOc1ccc(OCC(=O)NCCCn2cccn2)cc1. The number of nitrogens with zero attached hydrogens (tertiary/aromatic N) is 2. The van der Waals surface area contributed by atoms with Crippen LogP contribution < -0.4 is 14.8 Å². The molecule has 1 heterocycles. The third kappa shape index (κ3) is 5.47.